The maximum atomic E-state index is 12.6. The van der Waals surface area contributed by atoms with Crippen LogP contribution in [0.1, 0.15) is 51.4 Å². The second kappa shape index (κ2) is 8.09. The summed E-state index contributed by atoms with van der Waals surface area (Å²) >= 11 is 1.96. The number of hydrogen-bond donors (Lipinski definition) is 0. The summed E-state index contributed by atoms with van der Waals surface area (Å²) in [5, 5.41) is 0. The fraction of sp³-hybridized carbons (Fsp3) is 1.00. The van der Waals surface area contributed by atoms with Gasteiger partial charge in [0.1, 0.15) is 0 Å². The molecule has 2 rings (SSSR count). The molecule has 0 aliphatic heterocycles. The second-order valence-corrected chi connectivity index (χ2v) is 7.75. The van der Waals surface area contributed by atoms with Gasteiger partial charge in [-0.3, -0.25) is 0 Å². The number of hydrogen-bond acceptors (Lipinski definition) is 2. The Bertz CT molecular complexity index is 292. The molecule has 2 aliphatic rings. The fourth-order valence-electron chi connectivity index (χ4n) is 3.59. The van der Waals surface area contributed by atoms with Crippen LogP contribution in [0.5, 0.6) is 0 Å². The summed E-state index contributed by atoms with van der Waals surface area (Å²) in [6.45, 7) is 0. The molecule has 1 nitrogen and oxygen atoms in total. The van der Waals surface area contributed by atoms with Crippen molar-refractivity contribution >= 4 is 11.8 Å². The lowest BCUT2D eigenvalue weighted by Gasteiger charge is -2.30. The normalized spacial score (nSPS) is 34.9. The fourth-order valence-corrected chi connectivity index (χ4v) is 5.06. The molecule has 0 spiro atoms. The van der Waals surface area contributed by atoms with Crippen molar-refractivity contribution in [2.75, 3.05) is 18.6 Å². The molecule has 0 unspecified atom stereocenters. The zero-order valence-corrected chi connectivity index (χ0v) is 13.6. The minimum Gasteiger partial charge on any atom is -0.381 e. The van der Waals surface area contributed by atoms with E-state index in [0.29, 0.717) is 24.9 Å². The number of halogens is 3. The first-order chi connectivity index (χ1) is 9.99. The van der Waals surface area contributed by atoms with Gasteiger partial charge >= 0.3 is 6.18 Å². The van der Waals surface area contributed by atoms with Gasteiger partial charge in [0.05, 0.1) is 12.0 Å². The van der Waals surface area contributed by atoms with Crippen molar-refractivity contribution in [3.05, 3.63) is 0 Å². The second-order valence-electron chi connectivity index (χ2n) is 6.68. The molecule has 2 saturated carbocycles. The molecule has 0 aromatic carbocycles. The summed E-state index contributed by atoms with van der Waals surface area (Å²) in [5.74, 6) is 2.48. The average molecular weight is 324 g/mol. The van der Waals surface area contributed by atoms with Gasteiger partial charge in [-0.25, -0.2) is 0 Å². The van der Waals surface area contributed by atoms with Crippen LogP contribution in [0.2, 0.25) is 0 Å². The van der Waals surface area contributed by atoms with Gasteiger partial charge in [0.25, 0.3) is 0 Å². The van der Waals surface area contributed by atoms with E-state index in [1.807, 2.05) is 11.8 Å². The third-order valence-corrected chi connectivity index (χ3v) is 6.56. The molecular formula is C16H27F3OS. The van der Waals surface area contributed by atoms with Crippen LogP contribution in [-0.2, 0) is 4.74 Å². The van der Waals surface area contributed by atoms with Crippen molar-refractivity contribution in [1.29, 1.82) is 0 Å². The largest absolute Gasteiger partial charge is 0.391 e. The molecule has 2 aliphatic carbocycles. The predicted octanol–water partition coefficient (Wildman–Crippen LogP) is 5.29. The molecule has 0 saturated heterocycles. The third kappa shape index (κ3) is 5.66. The first kappa shape index (κ1) is 17.5. The molecule has 0 amide bonds. The number of methoxy groups -OCH3 is 1. The van der Waals surface area contributed by atoms with E-state index in [1.54, 1.807) is 7.11 Å². The van der Waals surface area contributed by atoms with Crippen LogP contribution in [0.15, 0.2) is 0 Å². The summed E-state index contributed by atoms with van der Waals surface area (Å²) in [5.41, 5.74) is 0. The highest BCUT2D eigenvalue weighted by molar-refractivity contribution is 7.99. The molecule has 0 radical (unpaired) electrons. The van der Waals surface area contributed by atoms with Crippen molar-refractivity contribution in [2.24, 2.45) is 17.8 Å². The van der Waals surface area contributed by atoms with E-state index >= 15 is 0 Å². The molecule has 0 aromatic heterocycles. The molecule has 0 bridgehead atoms. The van der Waals surface area contributed by atoms with E-state index in [0.717, 1.165) is 24.5 Å². The summed E-state index contributed by atoms with van der Waals surface area (Å²) in [7, 11) is 1.79. The molecule has 124 valence electrons. The van der Waals surface area contributed by atoms with Crippen molar-refractivity contribution in [2.45, 2.75) is 63.6 Å². The first-order valence-corrected chi connectivity index (χ1v) is 9.31. The summed E-state index contributed by atoms with van der Waals surface area (Å²) in [6.07, 6.45) is 3.49. The number of rotatable bonds is 5. The lowest BCUT2D eigenvalue weighted by atomic mass is 9.82. The van der Waals surface area contributed by atoms with Crippen molar-refractivity contribution in [3.8, 4) is 0 Å². The van der Waals surface area contributed by atoms with Gasteiger partial charge < -0.3 is 4.74 Å². The Balaban J connectivity index is 1.56. The molecule has 0 atom stereocenters. The first-order valence-electron chi connectivity index (χ1n) is 8.16. The Morgan fingerprint density at radius 3 is 1.76 bits per heavy atom. The number of alkyl halides is 3. The third-order valence-electron chi connectivity index (χ3n) is 5.14. The van der Waals surface area contributed by atoms with Crippen LogP contribution in [0, 0.1) is 17.8 Å². The zero-order chi connectivity index (χ0) is 15.3. The van der Waals surface area contributed by atoms with E-state index in [2.05, 4.69) is 0 Å². The minimum absolute atomic E-state index is 0.341. The van der Waals surface area contributed by atoms with Crippen LogP contribution in [0.3, 0.4) is 0 Å². The molecule has 0 heterocycles. The summed E-state index contributed by atoms with van der Waals surface area (Å²) in [6, 6.07) is 0. The molecule has 21 heavy (non-hydrogen) atoms. The Morgan fingerprint density at radius 1 is 0.857 bits per heavy atom. The van der Waals surface area contributed by atoms with Gasteiger partial charge in [-0.2, -0.15) is 24.9 Å². The monoisotopic (exact) mass is 324 g/mol. The van der Waals surface area contributed by atoms with Crippen molar-refractivity contribution in [3.63, 3.8) is 0 Å². The zero-order valence-electron chi connectivity index (χ0n) is 12.8. The van der Waals surface area contributed by atoms with Gasteiger partial charge in [-0.1, -0.05) is 0 Å². The SMILES string of the molecule is COC1CCC(CSCC2CCC(C(F)(F)F)CC2)CC1. The standard InChI is InChI=1S/C16H27F3OS/c1-20-15-8-4-13(5-9-15)11-21-10-12-2-6-14(7-3-12)16(17,18)19/h12-15H,2-11H2,1H3. The molecular weight excluding hydrogens is 297 g/mol. The van der Waals surface area contributed by atoms with E-state index < -0.39 is 12.1 Å². The maximum absolute atomic E-state index is 12.6. The van der Waals surface area contributed by atoms with Gasteiger partial charge in [0.15, 0.2) is 0 Å². The average Bonchev–Trinajstić information content (AvgIpc) is 2.47. The van der Waals surface area contributed by atoms with Crippen LogP contribution in [-0.4, -0.2) is 30.9 Å². The van der Waals surface area contributed by atoms with Crippen LogP contribution in [0.25, 0.3) is 0 Å². The number of thioether (sulfide) groups is 1. The Labute approximate surface area is 130 Å². The van der Waals surface area contributed by atoms with Crippen LogP contribution in [0.4, 0.5) is 13.2 Å². The quantitative estimate of drug-likeness (QED) is 0.679. The number of ether oxygens (including phenoxy) is 1. The van der Waals surface area contributed by atoms with E-state index in [-0.39, 0.29) is 0 Å². The van der Waals surface area contributed by atoms with Gasteiger partial charge in [-0.15, -0.1) is 0 Å². The Kier molecular flexibility index (Phi) is 6.73. The van der Waals surface area contributed by atoms with Crippen LogP contribution >= 0.6 is 11.8 Å². The maximum Gasteiger partial charge on any atom is 0.391 e. The summed E-state index contributed by atoms with van der Waals surface area (Å²) < 4.78 is 43.2. The van der Waals surface area contributed by atoms with Crippen LogP contribution < -0.4 is 0 Å². The van der Waals surface area contributed by atoms with Gasteiger partial charge in [0, 0.05) is 7.11 Å². The lowest BCUT2D eigenvalue weighted by molar-refractivity contribution is -0.183. The Hall–Kier alpha value is 0.100. The molecule has 0 N–H and O–H groups in total. The van der Waals surface area contributed by atoms with Crippen molar-refractivity contribution in [1.82, 2.24) is 0 Å². The smallest absolute Gasteiger partial charge is 0.381 e. The van der Waals surface area contributed by atoms with Crippen molar-refractivity contribution < 1.29 is 17.9 Å². The molecule has 2 fully saturated rings. The van der Waals surface area contributed by atoms with E-state index in [4.69, 9.17) is 4.74 Å². The summed E-state index contributed by atoms with van der Waals surface area (Å²) in [4.78, 5) is 0. The predicted molar refractivity (Wildman–Crippen MR) is 81.6 cm³/mol. The topological polar surface area (TPSA) is 9.23 Å². The molecule has 5 heteroatoms. The molecule has 0 aromatic rings. The highest BCUT2D eigenvalue weighted by Crippen LogP contribution is 2.40. The highest BCUT2D eigenvalue weighted by Gasteiger charge is 2.41. The van der Waals surface area contributed by atoms with Gasteiger partial charge in [-0.05, 0) is 74.7 Å². The Morgan fingerprint density at radius 2 is 1.33 bits per heavy atom. The van der Waals surface area contributed by atoms with E-state index in [9.17, 15) is 13.2 Å². The lowest BCUT2D eigenvalue weighted by Crippen LogP contribution is -2.28. The minimum atomic E-state index is -3.97. The van der Waals surface area contributed by atoms with E-state index in [1.165, 1.54) is 31.4 Å². The van der Waals surface area contributed by atoms with Gasteiger partial charge in [0.2, 0.25) is 0 Å². The highest BCUT2D eigenvalue weighted by atomic mass is 32.2.